The highest BCUT2D eigenvalue weighted by Crippen LogP contribution is 2.19. The molecule has 1 aliphatic heterocycles. The summed E-state index contributed by atoms with van der Waals surface area (Å²) in [5.41, 5.74) is 1.79. The number of ether oxygens (including phenoxy) is 2. The lowest BCUT2D eigenvalue weighted by Gasteiger charge is -2.26. The number of H-pyrrole nitrogens is 1. The van der Waals surface area contributed by atoms with Gasteiger partial charge >= 0.3 is 5.97 Å². The number of carbonyl (C=O) groups excluding carboxylic acids is 3. The molecule has 2 amide bonds. The fraction of sp³-hybridized carbons (Fsp3) is 0.632. The highest BCUT2D eigenvalue weighted by Gasteiger charge is 2.23. The smallest absolute Gasteiger partial charge is 0.340 e. The topological polar surface area (TPSA) is 101 Å². The molecule has 1 fully saturated rings. The summed E-state index contributed by atoms with van der Waals surface area (Å²) in [6.45, 7) is 5.75. The molecule has 0 radical (unpaired) electrons. The molecule has 2 rings (SSSR count). The number of carbonyl (C=O) groups is 3. The lowest BCUT2D eigenvalue weighted by molar-refractivity contribution is -0.131. The largest absolute Gasteiger partial charge is 0.460 e. The van der Waals surface area contributed by atoms with Crippen molar-refractivity contribution in [3.05, 3.63) is 22.5 Å². The Morgan fingerprint density at radius 1 is 1.11 bits per heavy atom. The molecule has 1 aromatic rings. The number of nitrogens with zero attached hydrogens (tertiary/aromatic N) is 1. The van der Waals surface area contributed by atoms with Crippen molar-refractivity contribution in [2.24, 2.45) is 0 Å². The number of esters is 1. The molecule has 8 heteroatoms. The molecule has 0 spiro atoms. The van der Waals surface area contributed by atoms with Crippen LogP contribution in [-0.2, 0) is 14.3 Å². The van der Waals surface area contributed by atoms with Crippen molar-refractivity contribution in [3.8, 4) is 0 Å². The van der Waals surface area contributed by atoms with E-state index >= 15 is 0 Å². The molecular weight excluding hydrogens is 350 g/mol. The van der Waals surface area contributed by atoms with Crippen molar-refractivity contribution in [1.82, 2.24) is 15.2 Å². The minimum Gasteiger partial charge on any atom is -0.460 e. The highest BCUT2D eigenvalue weighted by molar-refractivity contribution is 6.00. The first kappa shape index (κ1) is 21.0. The van der Waals surface area contributed by atoms with E-state index in [0.717, 1.165) is 25.9 Å². The number of hydrogen-bond donors (Lipinski definition) is 2. The first-order valence-electron chi connectivity index (χ1n) is 9.37. The molecule has 0 saturated carbocycles. The summed E-state index contributed by atoms with van der Waals surface area (Å²) in [7, 11) is 1.53. The number of aromatic nitrogens is 1. The van der Waals surface area contributed by atoms with Crippen LogP contribution in [0.5, 0.6) is 0 Å². The molecule has 1 aliphatic rings. The molecule has 8 nitrogen and oxygen atoms in total. The summed E-state index contributed by atoms with van der Waals surface area (Å²) in [5, 5.41) is 2.75. The van der Waals surface area contributed by atoms with E-state index in [2.05, 4.69) is 10.3 Å². The minimum absolute atomic E-state index is 0.0665. The predicted molar refractivity (Wildman–Crippen MR) is 99.8 cm³/mol. The third-order valence-corrected chi connectivity index (χ3v) is 4.72. The molecule has 0 atom stereocenters. The summed E-state index contributed by atoms with van der Waals surface area (Å²) in [6, 6.07) is 0. The first-order valence-corrected chi connectivity index (χ1v) is 9.37. The molecule has 2 heterocycles. The van der Waals surface area contributed by atoms with Gasteiger partial charge in [0.25, 0.3) is 5.91 Å². The van der Waals surface area contributed by atoms with Gasteiger partial charge in [-0.3, -0.25) is 9.59 Å². The molecule has 0 aromatic carbocycles. The average molecular weight is 379 g/mol. The summed E-state index contributed by atoms with van der Waals surface area (Å²) in [6.07, 6.45) is 3.53. The molecule has 150 valence electrons. The number of methoxy groups -OCH3 is 1. The molecule has 1 saturated heterocycles. The van der Waals surface area contributed by atoms with Crippen LogP contribution in [0, 0.1) is 13.8 Å². The predicted octanol–water partition coefficient (Wildman–Crippen LogP) is 1.57. The Hall–Kier alpha value is -2.35. The lowest BCUT2D eigenvalue weighted by Crippen LogP contribution is -2.37. The second kappa shape index (κ2) is 10.1. The highest BCUT2D eigenvalue weighted by atomic mass is 16.6. The normalized spacial score (nSPS) is 14.1. The Balaban J connectivity index is 1.89. The third-order valence-electron chi connectivity index (χ3n) is 4.72. The van der Waals surface area contributed by atoms with Crippen LogP contribution in [0.15, 0.2) is 0 Å². The van der Waals surface area contributed by atoms with Gasteiger partial charge in [0.15, 0.2) is 0 Å². The zero-order valence-corrected chi connectivity index (χ0v) is 16.4. The van der Waals surface area contributed by atoms with E-state index in [0.29, 0.717) is 29.1 Å². The fourth-order valence-electron chi connectivity index (χ4n) is 3.25. The van der Waals surface area contributed by atoms with Crippen molar-refractivity contribution in [2.75, 3.05) is 40.0 Å². The standard InChI is InChI=1S/C19H29N3O5/c1-13-16(19(25)27-12-11-26-3)14(2)21-17(13)18(24)20-8-7-15(23)22-9-5-4-6-10-22/h21H,4-12H2,1-3H3,(H,20,24). The zero-order chi connectivity index (χ0) is 19.8. The monoisotopic (exact) mass is 379 g/mol. The van der Waals surface area contributed by atoms with Crippen LogP contribution < -0.4 is 5.32 Å². The summed E-state index contributed by atoms with van der Waals surface area (Å²) >= 11 is 0. The minimum atomic E-state index is -0.488. The van der Waals surface area contributed by atoms with E-state index in [9.17, 15) is 14.4 Å². The van der Waals surface area contributed by atoms with Crippen LogP contribution in [0.4, 0.5) is 0 Å². The first-order chi connectivity index (χ1) is 13.0. The van der Waals surface area contributed by atoms with Crippen LogP contribution in [0.25, 0.3) is 0 Å². The van der Waals surface area contributed by atoms with Crippen molar-refractivity contribution in [1.29, 1.82) is 0 Å². The van der Waals surface area contributed by atoms with Crippen LogP contribution in [0.2, 0.25) is 0 Å². The van der Waals surface area contributed by atoms with Gasteiger partial charge < -0.3 is 24.7 Å². The molecule has 27 heavy (non-hydrogen) atoms. The van der Waals surface area contributed by atoms with Gasteiger partial charge in [-0.1, -0.05) is 0 Å². The van der Waals surface area contributed by atoms with Gasteiger partial charge in [-0.15, -0.1) is 0 Å². The van der Waals surface area contributed by atoms with E-state index in [-0.39, 0.29) is 31.4 Å². The van der Waals surface area contributed by atoms with Gasteiger partial charge in [0.1, 0.15) is 12.3 Å². The van der Waals surface area contributed by atoms with E-state index in [1.807, 2.05) is 4.90 Å². The average Bonchev–Trinajstić information content (AvgIpc) is 2.96. The van der Waals surface area contributed by atoms with Gasteiger partial charge in [0, 0.05) is 38.9 Å². The van der Waals surface area contributed by atoms with Crippen molar-refractivity contribution >= 4 is 17.8 Å². The van der Waals surface area contributed by atoms with Gasteiger partial charge in [-0.25, -0.2) is 4.79 Å². The van der Waals surface area contributed by atoms with E-state index < -0.39 is 5.97 Å². The molecule has 0 unspecified atom stereocenters. The van der Waals surface area contributed by atoms with Crippen LogP contribution in [0.3, 0.4) is 0 Å². The molecule has 1 aromatic heterocycles. The zero-order valence-electron chi connectivity index (χ0n) is 16.4. The molecule has 0 bridgehead atoms. The summed E-state index contributed by atoms with van der Waals surface area (Å²) in [5.74, 6) is -0.757. The van der Waals surface area contributed by atoms with Crippen molar-refractivity contribution < 1.29 is 23.9 Å². The second-order valence-corrected chi connectivity index (χ2v) is 6.70. The maximum atomic E-state index is 12.4. The summed E-state index contributed by atoms with van der Waals surface area (Å²) in [4.78, 5) is 41.6. The third kappa shape index (κ3) is 5.56. The van der Waals surface area contributed by atoms with Crippen LogP contribution in [-0.4, -0.2) is 67.6 Å². The van der Waals surface area contributed by atoms with E-state index in [1.165, 1.54) is 13.5 Å². The number of hydrogen-bond acceptors (Lipinski definition) is 5. The Morgan fingerprint density at radius 2 is 1.81 bits per heavy atom. The molecule has 0 aliphatic carbocycles. The van der Waals surface area contributed by atoms with Crippen LogP contribution >= 0.6 is 0 Å². The Labute approximate surface area is 159 Å². The van der Waals surface area contributed by atoms with Gasteiger partial charge in [0.05, 0.1) is 12.2 Å². The van der Waals surface area contributed by atoms with E-state index in [1.54, 1.807) is 13.8 Å². The number of nitrogens with one attached hydrogen (secondary N) is 2. The van der Waals surface area contributed by atoms with Crippen molar-refractivity contribution in [2.45, 2.75) is 39.5 Å². The number of piperidine rings is 1. The Morgan fingerprint density at radius 3 is 2.48 bits per heavy atom. The van der Waals surface area contributed by atoms with Crippen molar-refractivity contribution in [3.63, 3.8) is 0 Å². The Bertz CT molecular complexity index is 677. The van der Waals surface area contributed by atoms with Gasteiger partial charge in [-0.05, 0) is 38.7 Å². The summed E-state index contributed by atoms with van der Waals surface area (Å²) < 4.78 is 10.00. The number of amides is 2. The number of aryl methyl sites for hydroxylation is 1. The van der Waals surface area contributed by atoms with Gasteiger partial charge in [-0.2, -0.15) is 0 Å². The van der Waals surface area contributed by atoms with Gasteiger partial charge in [0.2, 0.25) is 5.91 Å². The fourth-order valence-corrected chi connectivity index (χ4v) is 3.25. The number of rotatable bonds is 8. The molecule has 2 N–H and O–H groups in total. The number of aromatic amines is 1. The SMILES string of the molecule is COCCOC(=O)c1c(C)[nH]c(C(=O)NCCC(=O)N2CCCCC2)c1C. The van der Waals surface area contributed by atoms with E-state index in [4.69, 9.17) is 9.47 Å². The Kier molecular flexibility index (Phi) is 7.84. The maximum Gasteiger partial charge on any atom is 0.340 e. The maximum absolute atomic E-state index is 12.4. The quantitative estimate of drug-likeness (QED) is 0.527. The number of likely N-dealkylation sites (tertiary alicyclic amines) is 1. The lowest BCUT2D eigenvalue weighted by atomic mass is 10.1. The van der Waals surface area contributed by atoms with Crippen LogP contribution in [0.1, 0.15) is 57.8 Å². The second-order valence-electron chi connectivity index (χ2n) is 6.70. The molecular formula is C19H29N3O5.